The predicted octanol–water partition coefficient (Wildman–Crippen LogP) is -0.961. The van der Waals surface area contributed by atoms with Crippen molar-refractivity contribution in [2.45, 2.75) is 48.6 Å². The topological polar surface area (TPSA) is 285 Å². The number of aliphatic hydroxyl groups is 3. The Kier molecular flexibility index (Phi) is 6.15. The van der Waals surface area contributed by atoms with Crippen molar-refractivity contribution in [2.24, 2.45) is 0 Å². The molecule has 4 aromatic heterocycles. The molecule has 19 nitrogen and oxygen atoms in total. The van der Waals surface area contributed by atoms with Gasteiger partial charge in [0.05, 0.1) is 31.4 Å². The van der Waals surface area contributed by atoms with E-state index < -0.39 is 74.2 Å². The molecule has 234 valence electrons. The monoisotopic (exact) mass is 640 g/mol. The fourth-order valence-corrected chi connectivity index (χ4v) is 7.15. The number of aromatic nitrogens is 8. The van der Waals surface area contributed by atoms with E-state index in [4.69, 9.17) is 25.3 Å². The molecule has 4 aromatic rings. The Bertz CT molecular complexity index is 1980. The van der Waals surface area contributed by atoms with Gasteiger partial charge in [0.25, 0.3) is 5.56 Å². The molecule has 1 saturated carbocycles. The van der Waals surface area contributed by atoms with E-state index in [0.29, 0.717) is 0 Å². The second-order valence-corrected chi connectivity index (χ2v) is 12.0. The quantitative estimate of drug-likeness (QED) is 0.0901. The lowest BCUT2D eigenvalue weighted by atomic mass is 10.1. The average Bonchev–Trinajstić information content (AvgIpc) is 3.36. The number of nitrogens with one attached hydrogen (secondary N) is 1. The van der Waals surface area contributed by atoms with E-state index in [9.17, 15) is 34.0 Å². The van der Waals surface area contributed by atoms with Crippen molar-refractivity contribution in [1.82, 2.24) is 39.0 Å². The van der Waals surface area contributed by atoms with Crippen molar-refractivity contribution in [2.75, 3.05) is 24.7 Å². The molecule has 0 bridgehead atoms. The van der Waals surface area contributed by atoms with Crippen LogP contribution in [0.3, 0.4) is 0 Å². The largest absolute Gasteiger partial charge is 0.509 e. The molecular weight excluding hydrogens is 617 g/mol. The first-order valence-corrected chi connectivity index (χ1v) is 14.4. The van der Waals surface area contributed by atoms with E-state index in [1.807, 2.05) is 0 Å². The van der Waals surface area contributed by atoms with E-state index in [1.165, 1.54) is 10.9 Å². The lowest BCUT2D eigenvalue weighted by Gasteiger charge is -2.24. The molecule has 0 aromatic carbocycles. The highest BCUT2D eigenvalue weighted by Crippen LogP contribution is 2.73. The fraction of sp³-hybridized carbons (Fsp3) is 0.455. The summed E-state index contributed by atoms with van der Waals surface area (Å²) in [5.41, 5.74) is 7.14. The van der Waals surface area contributed by atoms with Gasteiger partial charge in [-0.05, 0) is 5.57 Å². The number of anilines is 2. The van der Waals surface area contributed by atoms with Gasteiger partial charge >= 0.3 is 13.9 Å². The van der Waals surface area contributed by atoms with Crippen molar-refractivity contribution >= 4 is 41.9 Å². The number of H-pyrrole nitrogens is 1. The molecule has 0 spiro atoms. The van der Waals surface area contributed by atoms with Crippen LogP contribution in [-0.2, 0) is 23.9 Å². The maximum atomic E-state index is 15.1. The number of halogens is 2. The van der Waals surface area contributed by atoms with Gasteiger partial charge < -0.3 is 41.0 Å². The van der Waals surface area contributed by atoms with Crippen molar-refractivity contribution in [3.8, 4) is 0 Å². The van der Waals surface area contributed by atoms with Crippen LogP contribution in [0, 0.1) is 6.08 Å². The number of hydrogen-bond donors (Lipinski definition) is 7. The van der Waals surface area contributed by atoms with Gasteiger partial charge in [-0.3, -0.25) is 23.4 Å². The average molecular weight is 640 g/mol. The Morgan fingerprint density at radius 1 is 1.20 bits per heavy atom. The Labute approximate surface area is 242 Å². The van der Waals surface area contributed by atoms with Gasteiger partial charge in [0, 0.05) is 12.8 Å². The van der Waals surface area contributed by atoms with Gasteiger partial charge in [-0.25, -0.2) is 18.9 Å². The third-order valence-electron chi connectivity index (χ3n) is 8.13. The molecule has 7 atom stereocenters. The second-order valence-electron chi connectivity index (χ2n) is 10.6. The summed E-state index contributed by atoms with van der Waals surface area (Å²) >= 11 is 0. The first-order chi connectivity index (χ1) is 20.8. The second kappa shape index (κ2) is 9.44. The Balaban J connectivity index is 1.12. The van der Waals surface area contributed by atoms with Crippen molar-refractivity contribution in [3.63, 3.8) is 0 Å². The zero-order valence-electron chi connectivity index (χ0n) is 22.1. The number of rotatable bonds is 8. The number of alkyl halides is 1. The summed E-state index contributed by atoms with van der Waals surface area (Å²) in [6.07, 6.45) is -6.26. The number of phosphoric acid groups is 1. The molecule has 9 N–H and O–H groups in total. The zero-order chi connectivity index (χ0) is 31.3. The number of hydrogen-bond acceptors (Lipinski definition) is 15. The highest BCUT2D eigenvalue weighted by molar-refractivity contribution is 7.47. The molecule has 0 amide bonds. The Morgan fingerprint density at radius 3 is 2.70 bits per heavy atom. The van der Waals surface area contributed by atoms with Crippen molar-refractivity contribution in [1.29, 1.82) is 0 Å². The molecule has 2 aliphatic carbocycles. The van der Waals surface area contributed by atoms with Crippen LogP contribution >= 0.6 is 7.82 Å². The molecule has 5 unspecified atom stereocenters. The van der Waals surface area contributed by atoms with E-state index in [-0.39, 0.29) is 52.5 Å². The van der Waals surface area contributed by atoms with E-state index in [1.54, 1.807) is 0 Å². The van der Waals surface area contributed by atoms with Crippen LogP contribution in [0.15, 0.2) is 28.8 Å². The van der Waals surface area contributed by atoms with Gasteiger partial charge in [0.15, 0.2) is 46.1 Å². The summed E-state index contributed by atoms with van der Waals surface area (Å²) in [6, 6.07) is 0. The SMILES string of the molecule is Nc1nc2c(ncn2C23CC(CO)=C(O)C2(OP(=O)(O)OC[C@H]2O[C@@H](n4cnc5c(N)nc(F)nc54)C(F)C2O)C3)c(=O)[nH]1. The summed E-state index contributed by atoms with van der Waals surface area (Å²) in [7, 11) is -5.14. The number of phosphoric ester groups is 1. The Hall–Kier alpha value is -4.11. The minimum atomic E-state index is -5.14. The number of nitrogens with two attached hydrogens (primary N) is 2. The van der Waals surface area contributed by atoms with Crippen molar-refractivity contribution in [3.05, 3.63) is 40.4 Å². The molecule has 2 fully saturated rings. The van der Waals surface area contributed by atoms with Gasteiger partial charge in [0.1, 0.15) is 18.0 Å². The maximum Gasteiger partial charge on any atom is 0.473 e. The van der Waals surface area contributed by atoms with E-state index in [0.717, 1.165) is 10.9 Å². The predicted molar refractivity (Wildman–Crippen MR) is 141 cm³/mol. The smallest absolute Gasteiger partial charge is 0.473 e. The number of aromatic amines is 1. The molecule has 0 radical (unpaired) electrons. The first kappa shape index (κ1) is 28.6. The Morgan fingerprint density at radius 2 is 1.95 bits per heavy atom. The first-order valence-electron chi connectivity index (χ1n) is 12.9. The van der Waals surface area contributed by atoms with Crippen LogP contribution < -0.4 is 17.0 Å². The van der Waals surface area contributed by atoms with Gasteiger partial charge in [-0.2, -0.15) is 19.3 Å². The summed E-state index contributed by atoms with van der Waals surface area (Å²) < 4.78 is 60.6. The number of nitrogens with zero attached hydrogens (tertiary/aromatic N) is 7. The van der Waals surface area contributed by atoms with Crippen LogP contribution in [0.2, 0.25) is 0 Å². The van der Waals surface area contributed by atoms with Crippen LogP contribution in [0.5, 0.6) is 0 Å². The van der Waals surface area contributed by atoms with Gasteiger partial charge in [-0.1, -0.05) is 0 Å². The molecule has 5 heterocycles. The minimum Gasteiger partial charge on any atom is -0.509 e. The summed E-state index contributed by atoms with van der Waals surface area (Å²) in [5.74, 6) is -1.07. The molecule has 1 saturated heterocycles. The lowest BCUT2D eigenvalue weighted by molar-refractivity contribution is -0.0492. The highest BCUT2D eigenvalue weighted by Gasteiger charge is 2.79. The minimum absolute atomic E-state index is 0.00107. The van der Waals surface area contributed by atoms with Crippen LogP contribution in [0.4, 0.5) is 20.5 Å². The zero-order valence-corrected chi connectivity index (χ0v) is 23.0. The van der Waals surface area contributed by atoms with Crippen molar-refractivity contribution < 1.29 is 47.3 Å². The molecule has 3 aliphatic rings. The third-order valence-corrected chi connectivity index (χ3v) is 9.15. The molecule has 7 rings (SSSR count). The third kappa shape index (κ3) is 3.98. The van der Waals surface area contributed by atoms with E-state index in [2.05, 4.69) is 29.9 Å². The summed E-state index contributed by atoms with van der Waals surface area (Å²) in [4.78, 5) is 44.3. The summed E-state index contributed by atoms with van der Waals surface area (Å²) in [5, 5.41) is 31.3. The molecule has 1 aliphatic heterocycles. The normalized spacial score (nSPS) is 31.2. The number of nitrogen functional groups attached to an aromatic ring is 2. The maximum absolute atomic E-state index is 15.1. The van der Waals surface area contributed by atoms with Gasteiger partial charge in [0.2, 0.25) is 5.95 Å². The standard InChI is InChI=1S/C22H23F2N10O9P/c23-9-12(36)8(42-18(9)33-5-27-10-14(25)29-19(24)30-15(10)33)3-41-44(39,40)43-22-4-21(22,1-7(2-35)13(22)37)34-6-28-11-16(34)31-20(26)32-17(11)38/h5-6,8-9,12,18,35-37H,1-4H2,(H,39,40)(H2,25,29,30)(H3,26,31,32,38)/t8-,9?,12?,18-,21?,22?/m1/s1. The number of ether oxygens (including phenoxy) is 1. The lowest BCUT2D eigenvalue weighted by Crippen LogP contribution is -2.32. The van der Waals surface area contributed by atoms with Crippen LogP contribution in [0.1, 0.15) is 19.1 Å². The summed E-state index contributed by atoms with van der Waals surface area (Å²) in [6.45, 7) is -1.49. The molecule has 44 heavy (non-hydrogen) atoms. The van der Waals surface area contributed by atoms with Crippen LogP contribution in [0.25, 0.3) is 22.3 Å². The molecule has 22 heteroatoms. The number of imidazole rings is 2. The molecular formula is C22H23F2N10O9P. The van der Waals surface area contributed by atoms with E-state index >= 15 is 4.39 Å². The fourth-order valence-electron chi connectivity index (χ4n) is 6.05. The van der Waals surface area contributed by atoms with Gasteiger partial charge in [-0.15, -0.1) is 0 Å². The highest BCUT2D eigenvalue weighted by atomic mass is 31.2. The van der Waals surface area contributed by atoms with Crippen LogP contribution in [-0.4, -0.2) is 96.4 Å². The number of aliphatic hydroxyl groups excluding tert-OH is 3. The number of fused-ring (bicyclic) bond motifs is 3.